The zero-order valence-corrected chi connectivity index (χ0v) is 10.9. The maximum Gasteiger partial charge on any atom is 0.405 e. The van der Waals surface area contributed by atoms with Crippen molar-refractivity contribution < 1.29 is 18.0 Å². The number of hydrogen-bond donors (Lipinski definition) is 2. The fourth-order valence-corrected chi connectivity index (χ4v) is 2.38. The number of likely N-dealkylation sites (tertiary alicyclic amines) is 1. The second-order valence-corrected chi connectivity index (χ2v) is 4.94. The molecule has 1 aromatic heterocycles. The van der Waals surface area contributed by atoms with Gasteiger partial charge >= 0.3 is 6.18 Å². The lowest BCUT2D eigenvalue weighted by Gasteiger charge is -2.31. The van der Waals surface area contributed by atoms with Gasteiger partial charge in [-0.2, -0.15) is 13.2 Å². The summed E-state index contributed by atoms with van der Waals surface area (Å²) in [5.74, 6) is 0.474. The average Bonchev–Trinajstić information content (AvgIpc) is 2.90. The van der Waals surface area contributed by atoms with E-state index in [1.165, 1.54) is 0 Å². The monoisotopic (exact) mass is 290 g/mol. The molecule has 20 heavy (non-hydrogen) atoms. The van der Waals surface area contributed by atoms with Gasteiger partial charge in [0.05, 0.1) is 6.54 Å². The molecule has 1 aliphatic rings. The first-order valence-corrected chi connectivity index (χ1v) is 6.49. The predicted octanol–water partition coefficient (Wildman–Crippen LogP) is 1.27. The number of carbonyl (C=O) groups excluding carboxylic acids is 1. The molecule has 1 aromatic rings. The van der Waals surface area contributed by atoms with E-state index in [2.05, 4.69) is 9.97 Å². The number of alkyl halides is 3. The SMILES string of the molecule is O=C(CN1CCC[C@@H](c2ncc[nH]2)C1)NCC(F)(F)F. The number of piperidine rings is 1. The van der Waals surface area contributed by atoms with E-state index < -0.39 is 18.6 Å². The van der Waals surface area contributed by atoms with Crippen LogP contribution in [0.25, 0.3) is 0 Å². The minimum atomic E-state index is -4.37. The van der Waals surface area contributed by atoms with E-state index >= 15 is 0 Å². The minimum Gasteiger partial charge on any atom is -0.348 e. The number of hydrogen-bond acceptors (Lipinski definition) is 3. The summed E-state index contributed by atoms with van der Waals surface area (Å²) in [6, 6.07) is 0. The van der Waals surface area contributed by atoms with Gasteiger partial charge in [-0.15, -0.1) is 0 Å². The number of nitrogens with zero attached hydrogens (tertiary/aromatic N) is 2. The molecule has 2 heterocycles. The van der Waals surface area contributed by atoms with Crippen LogP contribution in [0, 0.1) is 0 Å². The van der Waals surface area contributed by atoms with Crippen molar-refractivity contribution in [2.45, 2.75) is 24.9 Å². The number of aromatic nitrogens is 2. The minimum absolute atomic E-state index is 0.00666. The van der Waals surface area contributed by atoms with E-state index in [0.717, 1.165) is 25.2 Å². The van der Waals surface area contributed by atoms with Crippen LogP contribution in [-0.4, -0.2) is 53.1 Å². The summed E-state index contributed by atoms with van der Waals surface area (Å²) in [5.41, 5.74) is 0. The van der Waals surface area contributed by atoms with Crippen LogP contribution in [0.2, 0.25) is 0 Å². The molecule has 0 spiro atoms. The Morgan fingerprint density at radius 3 is 3.00 bits per heavy atom. The van der Waals surface area contributed by atoms with Gasteiger partial charge in [0.15, 0.2) is 0 Å². The van der Waals surface area contributed by atoms with Crippen LogP contribution in [0.1, 0.15) is 24.6 Å². The summed E-state index contributed by atoms with van der Waals surface area (Å²) in [7, 11) is 0. The highest BCUT2D eigenvalue weighted by Gasteiger charge is 2.29. The van der Waals surface area contributed by atoms with Crippen molar-refractivity contribution >= 4 is 5.91 Å². The van der Waals surface area contributed by atoms with Gasteiger partial charge in [0.25, 0.3) is 0 Å². The molecule has 1 fully saturated rings. The Balaban J connectivity index is 1.79. The van der Waals surface area contributed by atoms with E-state index in [0.29, 0.717) is 6.54 Å². The van der Waals surface area contributed by atoms with Crippen molar-refractivity contribution in [3.8, 4) is 0 Å². The highest BCUT2D eigenvalue weighted by Crippen LogP contribution is 2.23. The largest absolute Gasteiger partial charge is 0.405 e. The molecule has 0 radical (unpaired) electrons. The molecular weight excluding hydrogens is 273 g/mol. The third-order valence-corrected chi connectivity index (χ3v) is 3.26. The molecule has 1 saturated heterocycles. The maximum absolute atomic E-state index is 12.0. The van der Waals surface area contributed by atoms with E-state index in [1.54, 1.807) is 12.4 Å². The quantitative estimate of drug-likeness (QED) is 0.878. The van der Waals surface area contributed by atoms with Crippen LogP contribution in [0.3, 0.4) is 0 Å². The molecule has 1 aliphatic heterocycles. The van der Waals surface area contributed by atoms with Crippen LogP contribution in [0.4, 0.5) is 13.2 Å². The van der Waals surface area contributed by atoms with Crippen LogP contribution < -0.4 is 5.32 Å². The Morgan fingerprint density at radius 1 is 1.55 bits per heavy atom. The molecule has 2 rings (SSSR count). The second kappa shape index (κ2) is 6.25. The van der Waals surface area contributed by atoms with Gasteiger partial charge < -0.3 is 10.3 Å². The van der Waals surface area contributed by atoms with Crippen LogP contribution in [-0.2, 0) is 4.79 Å². The van der Waals surface area contributed by atoms with E-state index in [4.69, 9.17) is 0 Å². The van der Waals surface area contributed by atoms with Gasteiger partial charge in [0.1, 0.15) is 12.4 Å². The molecule has 1 atom stereocenters. The molecule has 0 bridgehead atoms. The Labute approximate surface area is 114 Å². The number of amides is 1. The van der Waals surface area contributed by atoms with Crippen molar-refractivity contribution in [3.05, 3.63) is 18.2 Å². The van der Waals surface area contributed by atoms with Gasteiger partial charge in [-0.3, -0.25) is 9.69 Å². The van der Waals surface area contributed by atoms with Crippen molar-refractivity contribution in [1.82, 2.24) is 20.2 Å². The predicted molar refractivity (Wildman–Crippen MR) is 66.1 cm³/mol. The molecule has 0 unspecified atom stereocenters. The lowest BCUT2D eigenvalue weighted by molar-refractivity contribution is -0.139. The fourth-order valence-electron chi connectivity index (χ4n) is 2.38. The van der Waals surface area contributed by atoms with E-state index in [1.807, 2.05) is 10.2 Å². The van der Waals surface area contributed by atoms with Crippen molar-refractivity contribution in [3.63, 3.8) is 0 Å². The molecule has 112 valence electrons. The molecule has 2 N–H and O–H groups in total. The molecule has 0 saturated carbocycles. The lowest BCUT2D eigenvalue weighted by Crippen LogP contribution is -2.44. The first-order valence-electron chi connectivity index (χ1n) is 6.49. The first kappa shape index (κ1) is 14.8. The Morgan fingerprint density at radius 2 is 2.35 bits per heavy atom. The molecule has 8 heteroatoms. The van der Waals surface area contributed by atoms with Gasteiger partial charge in [-0.25, -0.2) is 4.98 Å². The highest BCUT2D eigenvalue weighted by molar-refractivity contribution is 5.78. The van der Waals surface area contributed by atoms with Gasteiger partial charge in [0.2, 0.25) is 5.91 Å². The Hall–Kier alpha value is -1.57. The van der Waals surface area contributed by atoms with Gasteiger partial charge in [-0.1, -0.05) is 0 Å². The number of halogens is 3. The third-order valence-electron chi connectivity index (χ3n) is 3.26. The maximum atomic E-state index is 12.0. The van der Waals surface area contributed by atoms with Crippen molar-refractivity contribution in [1.29, 1.82) is 0 Å². The second-order valence-electron chi connectivity index (χ2n) is 4.94. The van der Waals surface area contributed by atoms with Gasteiger partial charge in [-0.05, 0) is 19.4 Å². The summed E-state index contributed by atoms with van der Waals surface area (Å²) < 4.78 is 36.0. The van der Waals surface area contributed by atoms with E-state index in [9.17, 15) is 18.0 Å². The number of nitrogens with one attached hydrogen (secondary N) is 2. The topological polar surface area (TPSA) is 61.0 Å². The normalized spacial score (nSPS) is 20.9. The fraction of sp³-hybridized carbons (Fsp3) is 0.667. The molecular formula is C12H17F3N4O. The molecule has 1 amide bonds. The lowest BCUT2D eigenvalue weighted by atomic mass is 9.97. The Bertz CT molecular complexity index is 432. The summed E-state index contributed by atoms with van der Waals surface area (Å²) in [6.45, 7) is 0.0676. The van der Waals surface area contributed by atoms with Crippen LogP contribution >= 0.6 is 0 Å². The molecule has 0 aromatic carbocycles. The molecule has 5 nitrogen and oxygen atoms in total. The van der Waals surface area contributed by atoms with Crippen LogP contribution in [0.5, 0.6) is 0 Å². The average molecular weight is 290 g/mol. The number of carbonyl (C=O) groups is 1. The highest BCUT2D eigenvalue weighted by atomic mass is 19.4. The smallest absolute Gasteiger partial charge is 0.348 e. The zero-order valence-electron chi connectivity index (χ0n) is 10.9. The molecule has 0 aliphatic carbocycles. The number of aromatic amines is 1. The van der Waals surface area contributed by atoms with Gasteiger partial charge in [0, 0.05) is 24.9 Å². The number of imidazole rings is 1. The summed E-state index contributed by atoms with van der Waals surface area (Å²) in [6.07, 6.45) is 0.912. The van der Waals surface area contributed by atoms with Crippen molar-refractivity contribution in [2.24, 2.45) is 0 Å². The van der Waals surface area contributed by atoms with E-state index in [-0.39, 0.29) is 12.5 Å². The first-order chi connectivity index (χ1) is 9.44. The standard InChI is InChI=1S/C12H17F3N4O/c13-12(14,15)8-18-10(20)7-19-5-1-2-9(6-19)11-16-3-4-17-11/h3-4,9H,1-2,5-8H2,(H,16,17)(H,18,20)/t9-/m1/s1. The summed E-state index contributed by atoms with van der Waals surface area (Å²) in [4.78, 5) is 20.6. The Kier molecular flexibility index (Phi) is 4.64. The number of rotatable bonds is 4. The van der Waals surface area contributed by atoms with Crippen LogP contribution in [0.15, 0.2) is 12.4 Å². The summed E-state index contributed by atoms with van der Waals surface area (Å²) >= 11 is 0. The third kappa shape index (κ3) is 4.52. The zero-order chi connectivity index (χ0) is 14.6. The number of H-pyrrole nitrogens is 1. The summed E-state index contributed by atoms with van der Waals surface area (Å²) in [5, 5.41) is 1.89. The van der Waals surface area contributed by atoms with Crippen molar-refractivity contribution in [2.75, 3.05) is 26.2 Å².